The second-order valence-electron chi connectivity index (χ2n) is 2.86. The third-order valence-corrected chi connectivity index (χ3v) is 1.94. The number of aryl methyl sites for hydroxylation is 1. The zero-order valence-electron chi connectivity index (χ0n) is 6.99. The number of fused-ring (bicyclic) bond motifs is 1. The Hall–Kier alpha value is -1.35. The summed E-state index contributed by atoms with van der Waals surface area (Å²) in [5.41, 5.74) is 8.60. The summed E-state index contributed by atoms with van der Waals surface area (Å²) in [7, 11) is 0. The molecule has 0 spiro atoms. The van der Waals surface area contributed by atoms with Crippen LogP contribution in [-0.4, -0.2) is 9.38 Å². The lowest BCUT2D eigenvalue weighted by atomic mass is 10.3. The van der Waals surface area contributed by atoms with Gasteiger partial charge in [-0.1, -0.05) is 6.07 Å². The van der Waals surface area contributed by atoms with Crippen LogP contribution in [0.25, 0.3) is 5.65 Å². The number of pyridine rings is 1. The van der Waals surface area contributed by atoms with Crippen LogP contribution in [-0.2, 0) is 6.54 Å². The van der Waals surface area contributed by atoms with Crippen molar-refractivity contribution >= 4 is 5.65 Å². The molecule has 0 saturated carbocycles. The molecular weight excluding hydrogens is 150 g/mol. The normalized spacial score (nSPS) is 10.8. The van der Waals surface area contributed by atoms with Crippen LogP contribution in [0.5, 0.6) is 0 Å². The van der Waals surface area contributed by atoms with E-state index in [-0.39, 0.29) is 0 Å². The zero-order chi connectivity index (χ0) is 8.55. The fourth-order valence-corrected chi connectivity index (χ4v) is 1.30. The van der Waals surface area contributed by atoms with Gasteiger partial charge < -0.3 is 10.1 Å². The fourth-order valence-electron chi connectivity index (χ4n) is 1.30. The van der Waals surface area contributed by atoms with E-state index in [9.17, 15) is 0 Å². The maximum Gasteiger partial charge on any atom is 0.139 e. The highest BCUT2D eigenvalue weighted by Crippen LogP contribution is 2.08. The predicted octanol–water partition coefficient (Wildman–Crippen LogP) is 1.10. The van der Waals surface area contributed by atoms with Gasteiger partial charge >= 0.3 is 0 Å². The van der Waals surface area contributed by atoms with Gasteiger partial charge in [0.2, 0.25) is 0 Å². The van der Waals surface area contributed by atoms with Gasteiger partial charge in [-0.2, -0.15) is 0 Å². The molecule has 0 unspecified atom stereocenters. The minimum Gasteiger partial charge on any atom is -0.325 e. The lowest BCUT2D eigenvalue weighted by Crippen LogP contribution is -1.95. The summed E-state index contributed by atoms with van der Waals surface area (Å²) in [6.07, 6.45) is 3.94. The van der Waals surface area contributed by atoms with Crippen LogP contribution in [0.15, 0.2) is 24.5 Å². The van der Waals surface area contributed by atoms with Gasteiger partial charge in [-0.3, -0.25) is 0 Å². The molecule has 3 nitrogen and oxygen atoms in total. The van der Waals surface area contributed by atoms with Gasteiger partial charge in [0.1, 0.15) is 5.65 Å². The molecule has 0 aromatic carbocycles. The van der Waals surface area contributed by atoms with E-state index in [2.05, 4.69) is 4.98 Å². The van der Waals surface area contributed by atoms with Crippen molar-refractivity contribution in [3.63, 3.8) is 0 Å². The van der Waals surface area contributed by atoms with E-state index in [1.165, 1.54) is 5.56 Å². The Balaban J connectivity index is 2.74. The number of nitrogens with two attached hydrogens (primary N) is 1. The van der Waals surface area contributed by atoms with Gasteiger partial charge in [-0.15, -0.1) is 0 Å². The summed E-state index contributed by atoms with van der Waals surface area (Å²) in [5.74, 6) is 0. The summed E-state index contributed by atoms with van der Waals surface area (Å²) in [6, 6.07) is 4.05. The van der Waals surface area contributed by atoms with Crippen LogP contribution in [0.2, 0.25) is 0 Å². The molecule has 2 heterocycles. The lowest BCUT2D eigenvalue weighted by Gasteiger charge is -1.93. The standard InChI is InChI=1S/C9H11N3/c1-7-3-2-4-12-6-8(5-10)11-9(7)12/h2-4,6H,5,10H2,1H3. The number of rotatable bonds is 1. The van der Waals surface area contributed by atoms with Gasteiger partial charge in [0, 0.05) is 18.9 Å². The SMILES string of the molecule is Cc1cccn2cc(CN)nc12. The highest BCUT2D eigenvalue weighted by atomic mass is 15.0. The molecule has 0 radical (unpaired) electrons. The van der Waals surface area contributed by atoms with Crippen molar-refractivity contribution in [2.45, 2.75) is 13.5 Å². The van der Waals surface area contributed by atoms with Crippen LogP contribution in [0.4, 0.5) is 0 Å². The Kier molecular flexibility index (Phi) is 1.59. The molecule has 2 N–H and O–H groups in total. The molecule has 0 fully saturated rings. The molecule has 0 saturated heterocycles. The van der Waals surface area contributed by atoms with Crippen LogP contribution in [0, 0.1) is 6.92 Å². The minimum atomic E-state index is 0.501. The topological polar surface area (TPSA) is 43.3 Å². The molecule has 0 aliphatic rings. The van der Waals surface area contributed by atoms with E-state index in [4.69, 9.17) is 5.73 Å². The van der Waals surface area contributed by atoms with E-state index in [0.717, 1.165) is 11.3 Å². The number of imidazole rings is 1. The third-order valence-electron chi connectivity index (χ3n) is 1.94. The molecule has 0 aliphatic carbocycles. The van der Waals surface area contributed by atoms with Crippen molar-refractivity contribution < 1.29 is 0 Å². The van der Waals surface area contributed by atoms with Crippen LogP contribution >= 0.6 is 0 Å². The zero-order valence-corrected chi connectivity index (χ0v) is 6.99. The Labute approximate surface area is 70.8 Å². The first-order valence-corrected chi connectivity index (χ1v) is 3.94. The highest BCUT2D eigenvalue weighted by Gasteiger charge is 2.00. The lowest BCUT2D eigenvalue weighted by molar-refractivity contribution is 1.01. The molecule has 2 rings (SSSR count). The summed E-state index contributed by atoms with van der Waals surface area (Å²) >= 11 is 0. The Bertz CT molecular complexity index is 403. The first-order valence-electron chi connectivity index (χ1n) is 3.94. The third kappa shape index (κ3) is 0.987. The van der Waals surface area contributed by atoms with Crippen LogP contribution in [0.3, 0.4) is 0 Å². The molecule has 2 aromatic rings. The molecule has 62 valence electrons. The maximum absolute atomic E-state index is 5.49. The number of aromatic nitrogens is 2. The van der Waals surface area contributed by atoms with Gasteiger partial charge in [0.25, 0.3) is 0 Å². The summed E-state index contributed by atoms with van der Waals surface area (Å²) in [4.78, 5) is 4.37. The van der Waals surface area contributed by atoms with Gasteiger partial charge in [-0.05, 0) is 18.6 Å². The smallest absolute Gasteiger partial charge is 0.139 e. The highest BCUT2D eigenvalue weighted by molar-refractivity contribution is 5.47. The molecule has 0 amide bonds. The summed E-state index contributed by atoms with van der Waals surface area (Å²) in [5, 5.41) is 0. The van der Waals surface area contributed by atoms with Gasteiger partial charge in [-0.25, -0.2) is 4.98 Å². The molecule has 0 bridgehead atoms. The van der Waals surface area contributed by atoms with Crippen LogP contribution in [0.1, 0.15) is 11.3 Å². The molecule has 0 aliphatic heterocycles. The fraction of sp³-hybridized carbons (Fsp3) is 0.222. The van der Waals surface area contributed by atoms with Crippen LogP contribution < -0.4 is 5.73 Å². The van der Waals surface area contributed by atoms with E-state index in [1.807, 2.05) is 35.9 Å². The Morgan fingerprint density at radius 1 is 1.58 bits per heavy atom. The quantitative estimate of drug-likeness (QED) is 0.680. The second-order valence-corrected chi connectivity index (χ2v) is 2.86. The number of hydrogen-bond acceptors (Lipinski definition) is 2. The van der Waals surface area contributed by atoms with E-state index >= 15 is 0 Å². The minimum absolute atomic E-state index is 0.501. The summed E-state index contributed by atoms with van der Waals surface area (Å²) in [6.45, 7) is 2.55. The van der Waals surface area contributed by atoms with Crippen molar-refractivity contribution in [2.24, 2.45) is 5.73 Å². The van der Waals surface area contributed by atoms with Crippen molar-refractivity contribution in [2.75, 3.05) is 0 Å². The summed E-state index contributed by atoms with van der Waals surface area (Å²) < 4.78 is 2.00. The average molecular weight is 161 g/mol. The number of nitrogens with zero attached hydrogens (tertiary/aromatic N) is 2. The van der Waals surface area contributed by atoms with Crippen molar-refractivity contribution in [3.8, 4) is 0 Å². The van der Waals surface area contributed by atoms with Crippen molar-refractivity contribution in [1.82, 2.24) is 9.38 Å². The molecule has 12 heavy (non-hydrogen) atoms. The van der Waals surface area contributed by atoms with E-state index in [0.29, 0.717) is 6.54 Å². The predicted molar refractivity (Wildman–Crippen MR) is 47.8 cm³/mol. The van der Waals surface area contributed by atoms with Gasteiger partial charge in [0.15, 0.2) is 0 Å². The Morgan fingerprint density at radius 2 is 2.42 bits per heavy atom. The molecule has 0 atom stereocenters. The first kappa shape index (κ1) is 7.31. The van der Waals surface area contributed by atoms with E-state index < -0.39 is 0 Å². The number of hydrogen-bond donors (Lipinski definition) is 1. The van der Waals surface area contributed by atoms with Crippen molar-refractivity contribution in [3.05, 3.63) is 35.8 Å². The monoisotopic (exact) mass is 161 g/mol. The van der Waals surface area contributed by atoms with E-state index in [1.54, 1.807) is 0 Å². The second kappa shape index (κ2) is 2.60. The van der Waals surface area contributed by atoms with Gasteiger partial charge in [0.05, 0.1) is 5.69 Å². The average Bonchev–Trinajstić information content (AvgIpc) is 2.49. The molecule has 3 heteroatoms. The van der Waals surface area contributed by atoms with Crippen molar-refractivity contribution in [1.29, 1.82) is 0 Å². The first-order chi connectivity index (χ1) is 5.81. The Morgan fingerprint density at radius 3 is 3.08 bits per heavy atom. The largest absolute Gasteiger partial charge is 0.325 e. The molecule has 2 aromatic heterocycles. The molecular formula is C9H11N3. The maximum atomic E-state index is 5.49.